The van der Waals surface area contributed by atoms with Gasteiger partial charge in [-0.1, -0.05) is 0 Å². The standard InChI is InChI=1S/C21H26N6O2/c1-13-10-18(16(4)29-13)21(28)26-8-6-25(7-9-26)19-11-20(24-17(5)23-19)27-12-22-14(2)15(27)3/h10-12H,6-9H2,1-5H3. The molecular formula is C21H26N6O2. The normalized spacial score (nSPS) is 14.5. The number of hydrogen-bond acceptors (Lipinski definition) is 6. The zero-order valence-electron chi connectivity index (χ0n) is 17.6. The molecule has 1 aliphatic heterocycles. The molecule has 0 saturated carbocycles. The molecule has 0 spiro atoms. The molecule has 1 fully saturated rings. The van der Waals surface area contributed by atoms with Crippen molar-refractivity contribution in [2.24, 2.45) is 0 Å². The first-order valence-electron chi connectivity index (χ1n) is 9.81. The van der Waals surface area contributed by atoms with Gasteiger partial charge in [0.2, 0.25) is 0 Å². The zero-order chi connectivity index (χ0) is 20.7. The molecule has 152 valence electrons. The maximum absolute atomic E-state index is 12.8. The van der Waals surface area contributed by atoms with Gasteiger partial charge in [0.1, 0.15) is 35.3 Å². The molecular weight excluding hydrogens is 368 g/mol. The van der Waals surface area contributed by atoms with Crippen molar-refractivity contribution in [3.63, 3.8) is 0 Å². The van der Waals surface area contributed by atoms with Gasteiger partial charge in [-0.25, -0.2) is 15.0 Å². The van der Waals surface area contributed by atoms with Gasteiger partial charge < -0.3 is 14.2 Å². The van der Waals surface area contributed by atoms with Crippen molar-refractivity contribution < 1.29 is 9.21 Å². The van der Waals surface area contributed by atoms with Crippen molar-refractivity contribution in [1.29, 1.82) is 0 Å². The van der Waals surface area contributed by atoms with E-state index < -0.39 is 0 Å². The number of aromatic nitrogens is 4. The lowest BCUT2D eigenvalue weighted by Crippen LogP contribution is -2.49. The Hall–Kier alpha value is -3.16. The minimum atomic E-state index is 0.0306. The molecule has 0 aromatic carbocycles. The highest BCUT2D eigenvalue weighted by Crippen LogP contribution is 2.21. The predicted octanol–water partition coefficient (Wildman–Crippen LogP) is 2.76. The minimum absolute atomic E-state index is 0.0306. The summed E-state index contributed by atoms with van der Waals surface area (Å²) in [6.45, 7) is 12.3. The average Bonchev–Trinajstić information content (AvgIpc) is 3.21. The summed E-state index contributed by atoms with van der Waals surface area (Å²) in [5.74, 6) is 3.87. The van der Waals surface area contributed by atoms with Gasteiger partial charge in [0.25, 0.3) is 5.91 Å². The second-order valence-electron chi connectivity index (χ2n) is 7.52. The number of rotatable bonds is 3. The van der Waals surface area contributed by atoms with Gasteiger partial charge in [-0.2, -0.15) is 0 Å². The van der Waals surface area contributed by atoms with E-state index in [0.717, 1.165) is 41.9 Å². The van der Waals surface area contributed by atoms with Crippen LogP contribution in [0.5, 0.6) is 0 Å². The Balaban J connectivity index is 1.51. The molecule has 4 rings (SSSR count). The highest BCUT2D eigenvalue weighted by atomic mass is 16.3. The van der Waals surface area contributed by atoms with Crippen LogP contribution in [0.25, 0.3) is 5.82 Å². The first-order chi connectivity index (χ1) is 13.8. The van der Waals surface area contributed by atoms with Crippen molar-refractivity contribution in [3.05, 3.63) is 52.8 Å². The Labute approximate surface area is 170 Å². The molecule has 1 saturated heterocycles. The number of furan rings is 1. The van der Waals surface area contributed by atoms with Gasteiger partial charge >= 0.3 is 0 Å². The van der Waals surface area contributed by atoms with E-state index in [1.165, 1.54) is 0 Å². The van der Waals surface area contributed by atoms with Crippen LogP contribution in [0, 0.1) is 34.6 Å². The van der Waals surface area contributed by atoms with E-state index in [2.05, 4.69) is 19.9 Å². The lowest BCUT2D eigenvalue weighted by molar-refractivity contribution is 0.0744. The maximum atomic E-state index is 12.8. The van der Waals surface area contributed by atoms with E-state index in [9.17, 15) is 4.79 Å². The van der Waals surface area contributed by atoms with Crippen molar-refractivity contribution in [2.75, 3.05) is 31.1 Å². The summed E-state index contributed by atoms with van der Waals surface area (Å²) in [6.07, 6.45) is 1.79. The summed E-state index contributed by atoms with van der Waals surface area (Å²) >= 11 is 0. The van der Waals surface area contributed by atoms with Crippen LogP contribution in [0.15, 0.2) is 22.9 Å². The molecule has 0 radical (unpaired) electrons. The minimum Gasteiger partial charge on any atom is -0.466 e. The number of carbonyl (C=O) groups is 1. The number of imidazole rings is 1. The van der Waals surface area contributed by atoms with Gasteiger partial charge in [-0.3, -0.25) is 9.36 Å². The number of amides is 1. The van der Waals surface area contributed by atoms with Crippen molar-refractivity contribution >= 4 is 11.7 Å². The monoisotopic (exact) mass is 394 g/mol. The number of aryl methyl sites for hydroxylation is 4. The van der Waals surface area contributed by atoms with E-state index >= 15 is 0 Å². The number of carbonyl (C=O) groups excluding carboxylic acids is 1. The highest BCUT2D eigenvalue weighted by molar-refractivity contribution is 5.95. The van der Waals surface area contributed by atoms with Crippen LogP contribution in [0.2, 0.25) is 0 Å². The summed E-state index contributed by atoms with van der Waals surface area (Å²) in [4.78, 5) is 30.5. The SMILES string of the molecule is Cc1nc(N2CCN(C(=O)c3cc(C)oc3C)CC2)cc(-n2cnc(C)c2C)n1. The first kappa shape index (κ1) is 19.2. The Morgan fingerprint density at radius 3 is 2.24 bits per heavy atom. The molecule has 1 aliphatic rings. The Kier molecular flexibility index (Phi) is 4.86. The lowest BCUT2D eigenvalue weighted by Gasteiger charge is -2.35. The molecule has 0 N–H and O–H groups in total. The molecule has 3 aromatic heterocycles. The van der Waals surface area contributed by atoms with Gasteiger partial charge in [0.05, 0.1) is 11.3 Å². The van der Waals surface area contributed by atoms with Crippen LogP contribution in [0.3, 0.4) is 0 Å². The van der Waals surface area contributed by atoms with Crippen LogP contribution in [0.4, 0.5) is 5.82 Å². The third kappa shape index (κ3) is 3.62. The van der Waals surface area contributed by atoms with Gasteiger partial charge in [0, 0.05) is 37.9 Å². The average molecular weight is 394 g/mol. The zero-order valence-corrected chi connectivity index (χ0v) is 17.6. The van der Waals surface area contributed by atoms with Crippen molar-refractivity contribution in [1.82, 2.24) is 24.4 Å². The molecule has 0 atom stereocenters. The van der Waals surface area contributed by atoms with Crippen LogP contribution < -0.4 is 4.90 Å². The Bertz CT molecular complexity index is 1060. The van der Waals surface area contributed by atoms with Crippen LogP contribution >= 0.6 is 0 Å². The maximum Gasteiger partial charge on any atom is 0.257 e. The third-order valence-electron chi connectivity index (χ3n) is 5.47. The van der Waals surface area contributed by atoms with E-state index in [0.29, 0.717) is 30.2 Å². The van der Waals surface area contributed by atoms with Crippen LogP contribution in [0.1, 0.15) is 39.1 Å². The third-order valence-corrected chi connectivity index (χ3v) is 5.47. The summed E-state index contributed by atoms with van der Waals surface area (Å²) in [5, 5.41) is 0. The second-order valence-corrected chi connectivity index (χ2v) is 7.52. The fourth-order valence-electron chi connectivity index (χ4n) is 3.70. The van der Waals surface area contributed by atoms with Crippen LogP contribution in [-0.2, 0) is 0 Å². The summed E-state index contributed by atoms with van der Waals surface area (Å²) < 4.78 is 7.50. The topological polar surface area (TPSA) is 80.3 Å². The molecule has 3 aromatic rings. The number of piperazine rings is 1. The molecule has 29 heavy (non-hydrogen) atoms. The summed E-state index contributed by atoms with van der Waals surface area (Å²) in [5.41, 5.74) is 2.71. The molecule has 0 bridgehead atoms. The largest absolute Gasteiger partial charge is 0.466 e. The van der Waals surface area contributed by atoms with E-state index in [1.54, 1.807) is 6.33 Å². The van der Waals surface area contributed by atoms with Gasteiger partial charge in [0.15, 0.2) is 0 Å². The van der Waals surface area contributed by atoms with E-state index in [-0.39, 0.29) is 5.91 Å². The lowest BCUT2D eigenvalue weighted by atomic mass is 10.2. The summed E-state index contributed by atoms with van der Waals surface area (Å²) in [7, 11) is 0. The quantitative estimate of drug-likeness (QED) is 0.680. The Morgan fingerprint density at radius 2 is 1.66 bits per heavy atom. The molecule has 1 amide bonds. The van der Waals surface area contributed by atoms with Crippen molar-refractivity contribution in [2.45, 2.75) is 34.6 Å². The molecule has 0 aliphatic carbocycles. The molecule has 4 heterocycles. The fraction of sp³-hybridized carbons (Fsp3) is 0.429. The molecule has 8 heteroatoms. The van der Waals surface area contributed by atoms with Gasteiger partial charge in [-0.05, 0) is 40.7 Å². The number of hydrogen-bond donors (Lipinski definition) is 0. The van der Waals surface area contributed by atoms with Crippen LogP contribution in [-0.4, -0.2) is 56.5 Å². The number of nitrogens with zero attached hydrogens (tertiary/aromatic N) is 6. The fourth-order valence-corrected chi connectivity index (χ4v) is 3.70. The summed E-state index contributed by atoms with van der Waals surface area (Å²) in [6, 6.07) is 3.81. The molecule has 0 unspecified atom stereocenters. The Morgan fingerprint density at radius 1 is 0.966 bits per heavy atom. The number of anilines is 1. The smallest absolute Gasteiger partial charge is 0.257 e. The first-order valence-corrected chi connectivity index (χ1v) is 9.81. The van der Waals surface area contributed by atoms with Crippen molar-refractivity contribution in [3.8, 4) is 5.82 Å². The predicted molar refractivity (Wildman–Crippen MR) is 110 cm³/mol. The van der Waals surface area contributed by atoms with E-state index in [1.807, 2.05) is 56.2 Å². The second kappa shape index (κ2) is 7.35. The van der Waals surface area contributed by atoms with E-state index in [4.69, 9.17) is 4.42 Å². The van der Waals surface area contributed by atoms with Gasteiger partial charge in [-0.15, -0.1) is 0 Å². The highest BCUT2D eigenvalue weighted by Gasteiger charge is 2.26. The molecule has 8 nitrogen and oxygen atoms in total.